The fourth-order valence-electron chi connectivity index (χ4n) is 3.49. The van der Waals surface area contributed by atoms with Crippen LogP contribution in [0.5, 0.6) is 0 Å². The molecule has 2 fully saturated rings. The first-order chi connectivity index (χ1) is 7.61. The van der Waals surface area contributed by atoms with Crippen molar-refractivity contribution in [2.24, 2.45) is 11.8 Å². The van der Waals surface area contributed by atoms with Gasteiger partial charge < -0.3 is 5.11 Å². The molecule has 92 valence electrons. The highest BCUT2D eigenvalue weighted by Gasteiger charge is 2.39. The predicted molar refractivity (Wildman–Crippen MR) is 63.3 cm³/mol. The largest absolute Gasteiger partial charge is 0.481 e. The van der Waals surface area contributed by atoms with Crippen LogP contribution in [0, 0.1) is 11.8 Å². The highest BCUT2D eigenvalue weighted by Crippen LogP contribution is 2.38. The lowest BCUT2D eigenvalue weighted by Gasteiger charge is -2.42. The van der Waals surface area contributed by atoms with Gasteiger partial charge in [0.05, 0.1) is 5.92 Å². The zero-order chi connectivity index (χ0) is 11.7. The van der Waals surface area contributed by atoms with Gasteiger partial charge in [-0.3, -0.25) is 9.69 Å². The van der Waals surface area contributed by atoms with Crippen molar-refractivity contribution >= 4 is 5.97 Å². The van der Waals surface area contributed by atoms with E-state index in [0.29, 0.717) is 6.04 Å². The van der Waals surface area contributed by atoms with Crippen LogP contribution in [0.25, 0.3) is 0 Å². The third-order valence-electron chi connectivity index (χ3n) is 4.67. The molecule has 1 saturated carbocycles. The van der Waals surface area contributed by atoms with Gasteiger partial charge in [-0.2, -0.15) is 0 Å². The third kappa shape index (κ3) is 2.10. The number of fused-ring (bicyclic) bond motifs is 1. The Labute approximate surface area is 97.8 Å². The fraction of sp³-hybridized carbons (Fsp3) is 0.923. The van der Waals surface area contributed by atoms with Crippen LogP contribution in [0.1, 0.15) is 46.0 Å². The van der Waals surface area contributed by atoms with Crippen LogP contribution in [-0.4, -0.2) is 34.6 Å². The van der Waals surface area contributed by atoms with Gasteiger partial charge in [-0.1, -0.05) is 13.3 Å². The molecule has 1 saturated heterocycles. The fourth-order valence-corrected chi connectivity index (χ4v) is 3.49. The summed E-state index contributed by atoms with van der Waals surface area (Å²) in [5.74, 6) is -0.0656. The van der Waals surface area contributed by atoms with E-state index >= 15 is 0 Å². The zero-order valence-electron chi connectivity index (χ0n) is 10.4. The maximum absolute atomic E-state index is 11.0. The van der Waals surface area contributed by atoms with Crippen LogP contribution in [-0.2, 0) is 4.79 Å². The second kappa shape index (κ2) is 4.74. The van der Waals surface area contributed by atoms with Crippen molar-refractivity contribution < 1.29 is 9.90 Å². The van der Waals surface area contributed by atoms with Gasteiger partial charge in [-0.05, 0) is 45.1 Å². The molecule has 1 aliphatic heterocycles. The van der Waals surface area contributed by atoms with Crippen molar-refractivity contribution in [2.45, 2.75) is 58.0 Å². The third-order valence-corrected chi connectivity index (χ3v) is 4.67. The molecule has 0 spiro atoms. The first-order valence-electron chi connectivity index (χ1n) is 6.60. The standard InChI is InChI=1S/C13H23NO2/c1-9(13(15)16)10(2)14-8-4-6-11-5-3-7-12(11)14/h9-12H,3-8H2,1-2H3,(H,15,16). The highest BCUT2D eigenvalue weighted by atomic mass is 16.4. The molecular formula is C13H23NO2. The van der Waals surface area contributed by atoms with Gasteiger partial charge >= 0.3 is 5.97 Å². The van der Waals surface area contributed by atoms with E-state index in [9.17, 15) is 4.79 Å². The Kier molecular flexibility index (Phi) is 3.53. The van der Waals surface area contributed by atoms with Crippen LogP contribution < -0.4 is 0 Å². The van der Waals surface area contributed by atoms with Gasteiger partial charge in [0.25, 0.3) is 0 Å². The number of carboxylic acids is 1. The summed E-state index contributed by atoms with van der Waals surface area (Å²) in [7, 11) is 0. The van der Waals surface area contributed by atoms with E-state index in [0.717, 1.165) is 12.5 Å². The normalized spacial score (nSPS) is 34.4. The topological polar surface area (TPSA) is 40.5 Å². The molecule has 2 aliphatic rings. The molecule has 3 heteroatoms. The molecule has 1 heterocycles. The van der Waals surface area contributed by atoms with Gasteiger partial charge in [0.2, 0.25) is 0 Å². The second-order valence-corrected chi connectivity index (χ2v) is 5.51. The average molecular weight is 225 g/mol. The van der Waals surface area contributed by atoms with Gasteiger partial charge in [-0.25, -0.2) is 0 Å². The van der Waals surface area contributed by atoms with Crippen LogP contribution >= 0.6 is 0 Å². The van der Waals surface area contributed by atoms with Gasteiger partial charge in [0, 0.05) is 12.1 Å². The summed E-state index contributed by atoms with van der Waals surface area (Å²) in [5, 5.41) is 9.10. The van der Waals surface area contributed by atoms with Crippen molar-refractivity contribution in [1.82, 2.24) is 4.90 Å². The van der Waals surface area contributed by atoms with Crippen LogP contribution in [0.2, 0.25) is 0 Å². The van der Waals surface area contributed by atoms with Crippen molar-refractivity contribution in [1.29, 1.82) is 0 Å². The van der Waals surface area contributed by atoms with Gasteiger partial charge in [0.1, 0.15) is 0 Å². The SMILES string of the molecule is CC(C(=O)O)C(C)N1CCCC2CCCC21. The molecule has 2 rings (SSSR count). The Morgan fingerprint density at radius 3 is 2.62 bits per heavy atom. The van der Waals surface area contributed by atoms with E-state index < -0.39 is 5.97 Å². The number of hydrogen-bond acceptors (Lipinski definition) is 2. The molecule has 0 amide bonds. The summed E-state index contributed by atoms with van der Waals surface area (Å²) in [6, 6.07) is 0.856. The first-order valence-corrected chi connectivity index (χ1v) is 6.60. The Morgan fingerprint density at radius 1 is 1.25 bits per heavy atom. The van der Waals surface area contributed by atoms with E-state index in [1.54, 1.807) is 0 Å². The quantitative estimate of drug-likeness (QED) is 0.801. The predicted octanol–water partition coefficient (Wildman–Crippen LogP) is 2.36. The highest BCUT2D eigenvalue weighted by molar-refractivity contribution is 5.70. The van der Waals surface area contributed by atoms with Gasteiger partial charge in [-0.15, -0.1) is 0 Å². The van der Waals surface area contributed by atoms with E-state index in [2.05, 4.69) is 11.8 Å². The monoisotopic (exact) mass is 225 g/mol. The maximum Gasteiger partial charge on any atom is 0.307 e. The van der Waals surface area contributed by atoms with E-state index in [4.69, 9.17) is 5.11 Å². The Bertz CT molecular complexity index is 267. The Morgan fingerprint density at radius 2 is 1.94 bits per heavy atom. The summed E-state index contributed by atoms with van der Waals surface area (Å²) in [4.78, 5) is 13.5. The molecular weight excluding hydrogens is 202 g/mol. The maximum atomic E-state index is 11.0. The molecule has 0 aromatic heterocycles. The van der Waals surface area contributed by atoms with E-state index in [1.807, 2.05) is 6.92 Å². The molecule has 16 heavy (non-hydrogen) atoms. The molecule has 0 bridgehead atoms. The number of aliphatic carboxylic acids is 1. The minimum Gasteiger partial charge on any atom is -0.481 e. The minimum atomic E-state index is -0.660. The van der Waals surface area contributed by atoms with Crippen molar-refractivity contribution in [3.63, 3.8) is 0 Å². The number of carboxylic acid groups (broad SMARTS) is 1. The molecule has 0 aromatic rings. The minimum absolute atomic E-state index is 0.184. The molecule has 0 aromatic carbocycles. The smallest absolute Gasteiger partial charge is 0.307 e. The molecule has 4 atom stereocenters. The summed E-state index contributed by atoms with van der Waals surface area (Å²) in [5.41, 5.74) is 0. The Balaban J connectivity index is 2.04. The first kappa shape index (κ1) is 11.9. The van der Waals surface area contributed by atoms with Gasteiger partial charge in [0.15, 0.2) is 0 Å². The second-order valence-electron chi connectivity index (χ2n) is 5.51. The lowest BCUT2D eigenvalue weighted by atomic mass is 9.88. The number of piperidine rings is 1. The van der Waals surface area contributed by atoms with E-state index in [1.165, 1.54) is 32.1 Å². The lowest BCUT2D eigenvalue weighted by Crippen LogP contribution is -2.50. The molecule has 3 nitrogen and oxygen atoms in total. The number of rotatable bonds is 3. The molecule has 4 unspecified atom stereocenters. The number of nitrogens with zero attached hydrogens (tertiary/aromatic N) is 1. The van der Waals surface area contributed by atoms with Crippen molar-refractivity contribution in [3.8, 4) is 0 Å². The summed E-state index contributed by atoms with van der Waals surface area (Å²) in [6.45, 7) is 5.02. The molecule has 0 radical (unpaired) electrons. The van der Waals surface area contributed by atoms with Crippen LogP contribution in [0.15, 0.2) is 0 Å². The van der Waals surface area contributed by atoms with Crippen molar-refractivity contribution in [2.75, 3.05) is 6.54 Å². The molecule has 1 N–H and O–H groups in total. The summed E-state index contributed by atoms with van der Waals surface area (Å²) < 4.78 is 0. The summed E-state index contributed by atoms with van der Waals surface area (Å²) in [6.07, 6.45) is 6.57. The number of hydrogen-bond donors (Lipinski definition) is 1. The van der Waals surface area contributed by atoms with Crippen LogP contribution in [0.4, 0.5) is 0 Å². The molecule has 1 aliphatic carbocycles. The Hall–Kier alpha value is -0.570. The zero-order valence-corrected chi connectivity index (χ0v) is 10.4. The number of likely N-dealkylation sites (tertiary alicyclic amines) is 1. The van der Waals surface area contributed by atoms with Crippen LogP contribution in [0.3, 0.4) is 0 Å². The average Bonchev–Trinajstić information content (AvgIpc) is 2.74. The lowest BCUT2D eigenvalue weighted by molar-refractivity contribution is -0.144. The number of carbonyl (C=O) groups is 1. The van der Waals surface area contributed by atoms with Crippen molar-refractivity contribution in [3.05, 3.63) is 0 Å². The summed E-state index contributed by atoms with van der Waals surface area (Å²) >= 11 is 0. The van der Waals surface area contributed by atoms with E-state index in [-0.39, 0.29) is 12.0 Å².